The Morgan fingerprint density at radius 3 is 2.10 bits per heavy atom. The molecule has 1 aliphatic rings. The van der Waals surface area contributed by atoms with Gasteiger partial charge < -0.3 is 0 Å². The molecule has 0 fully saturated rings. The molecule has 0 unspecified atom stereocenters. The zero-order chi connectivity index (χ0) is 14.8. The van der Waals surface area contributed by atoms with Crippen molar-refractivity contribution in [3.05, 3.63) is 59.7 Å². The fourth-order valence-electron chi connectivity index (χ4n) is 2.35. The summed E-state index contributed by atoms with van der Waals surface area (Å²) in [5.41, 5.74) is 5.96. The molecule has 0 atom stereocenters. The average molecular weight is 278 g/mol. The van der Waals surface area contributed by atoms with Gasteiger partial charge in [-0.15, -0.1) is 10.2 Å². The Hall–Kier alpha value is -2.84. The van der Waals surface area contributed by atoms with Gasteiger partial charge in [-0.25, -0.2) is 0 Å². The Labute approximate surface area is 123 Å². The minimum atomic E-state index is 0.390. The lowest BCUT2D eigenvalue weighted by Gasteiger charge is -2.25. The van der Waals surface area contributed by atoms with Gasteiger partial charge in [0, 0.05) is 0 Å². The van der Waals surface area contributed by atoms with Gasteiger partial charge >= 0.3 is 5.84 Å². The number of benzene rings is 2. The molecule has 5 heteroatoms. The van der Waals surface area contributed by atoms with Gasteiger partial charge in [-0.1, -0.05) is 41.5 Å². The van der Waals surface area contributed by atoms with E-state index in [0.717, 1.165) is 22.5 Å². The number of nitrogens with zero attached hydrogens (tertiary/aromatic N) is 4. The van der Waals surface area contributed by atoms with E-state index in [0.29, 0.717) is 5.84 Å². The first-order valence-electron chi connectivity index (χ1n) is 6.75. The van der Waals surface area contributed by atoms with Crippen molar-refractivity contribution in [2.75, 3.05) is 10.2 Å². The Kier molecular flexibility index (Phi) is 3.30. The maximum Gasteiger partial charge on any atom is 0.349 e. The van der Waals surface area contributed by atoms with Gasteiger partial charge in [0.1, 0.15) is 5.69 Å². The van der Waals surface area contributed by atoms with Crippen molar-refractivity contribution >= 4 is 17.2 Å². The molecule has 1 heterocycles. The van der Waals surface area contributed by atoms with Crippen LogP contribution in [0.3, 0.4) is 0 Å². The second-order valence-electron chi connectivity index (χ2n) is 4.93. The van der Waals surface area contributed by atoms with Crippen LogP contribution in [0.1, 0.15) is 11.1 Å². The van der Waals surface area contributed by atoms with E-state index in [2.05, 4.69) is 11.2 Å². The molecule has 0 bridgehead atoms. The van der Waals surface area contributed by atoms with E-state index < -0.39 is 0 Å². The molecule has 21 heavy (non-hydrogen) atoms. The smallest absolute Gasteiger partial charge is 0.185 e. The second kappa shape index (κ2) is 5.27. The Morgan fingerprint density at radius 2 is 1.52 bits per heavy atom. The van der Waals surface area contributed by atoms with E-state index in [1.807, 2.05) is 67.5 Å². The zero-order valence-corrected chi connectivity index (χ0v) is 12.0. The number of quaternary nitrogens is 1. The van der Waals surface area contributed by atoms with E-state index in [4.69, 9.17) is 5.26 Å². The summed E-state index contributed by atoms with van der Waals surface area (Å²) in [5.74, 6) is 0.390. The number of hydrogen-bond acceptors (Lipinski definition) is 4. The molecule has 1 aliphatic heterocycles. The van der Waals surface area contributed by atoms with Crippen LogP contribution in [0, 0.1) is 25.2 Å². The number of anilines is 2. The van der Waals surface area contributed by atoms with E-state index in [9.17, 15) is 0 Å². The molecule has 0 spiro atoms. The second-order valence-corrected chi connectivity index (χ2v) is 4.93. The highest BCUT2D eigenvalue weighted by Crippen LogP contribution is 2.26. The van der Waals surface area contributed by atoms with Crippen molar-refractivity contribution in [3.63, 3.8) is 0 Å². The third-order valence-corrected chi connectivity index (χ3v) is 3.46. The summed E-state index contributed by atoms with van der Waals surface area (Å²) in [4.78, 5) is 0. The van der Waals surface area contributed by atoms with E-state index in [1.165, 1.54) is 0 Å². The number of amidine groups is 1. The lowest BCUT2D eigenvalue weighted by molar-refractivity contribution is -0.544. The first-order chi connectivity index (χ1) is 10.2. The van der Waals surface area contributed by atoms with Crippen LogP contribution >= 0.6 is 0 Å². The third-order valence-electron chi connectivity index (χ3n) is 3.46. The van der Waals surface area contributed by atoms with E-state index in [1.54, 1.807) is 10.5 Å². The van der Waals surface area contributed by atoms with Crippen LogP contribution in [0.15, 0.2) is 53.6 Å². The predicted molar refractivity (Wildman–Crippen MR) is 82.3 cm³/mol. The number of hydrazone groups is 1. The number of para-hydroxylation sites is 2. The van der Waals surface area contributed by atoms with Crippen molar-refractivity contribution in [3.8, 4) is 6.07 Å². The molecular formula is C16H16N5+. The number of aryl methyl sites for hydroxylation is 2. The lowest BCUT2D eigenvalue weighted by Crippen LogP contribution is -2.96. The first kappa shape index (κ1) is 13.2. The summed E-state index contributed by atoms with van der Waals surface area (Å²) in [5, 5.41) is 17.3. The molecule has 2 aromatic carbocycles. The van der Waals surface area contributed by atoms with Crippen molar-refractivity contribution in [1.82, 2.24) is 0 Å². The largest absolute Gasteiger partial charge is 0.349 e. The Bertz CT molecular complexity index is 744. The third kappa shape index (κ3) is 2.33. The van der Waals surface area contributed by atoms with Crippen LogP contribution in [-0.2, 0) is 0 Å². The van der Waals surface area contributed by atoms with Crippen LogP contribution in [0.5, 0.6) is 0 Å². The van der Waals surface area contributed by atoms with Crippen LogP contribution in [0.4, 0.5) is 11.4 Å². The van der Waals surface area contributed by atoms with Gasteiger partial charge in [-0.05, 0) is 37.1 Å². The number of nitrogens with two attached hydrogens (primary N) is 1. The maximum atomic E-state index is 9.17. The molecule has 0 amide bonds. The summed E-state index contributed by atoms with van der Waals surface area (Å²) in [6.45, 7) is 4.08. The van der Waals surface area contributed by atoms with Gasteiger partial charge in [0.2, 0.25) is 0 Å². The first-order valence-corrected chi connectivity index (χ1v) is 6.75. The molecule has 2 aromatic rings. The summed E-state index contributed by atoms with van der Waals surface area (Å²) < 4.78 is 0. The fourth-order valence-corrected chi connectivity index (χ4v) is 2.35. The molecule has 0 radical (unpaired) electrons. The summed E-state index contributed by atoms with van der Waals surface area (Å²) in [6, 6.07) is 18.2. The average Bonchev–Trinajstić information content (AvgIpc) is 2.92. The van der Waals surface area contributed by atoms with Crippen molar-refractivity contribution in [2.24, 2.45) is 5.10 Å². The zero-order valence-electron chi connectivity index (χ0n) is 12.0. The minimum absolute atomic E-state index is 0.390. The number of hydrazine groups is 1. The van der Waals surface area contributed by atoms with Gasteiger partial charge in [-0.3, -0.25) is 0 Å². The van der Waals surface area contributed by atoms with Crippen molar-refractivity contribution < 1.29 is 5.43 Å². The minimum Gasteiger partial charge on any atom is -0.185 e. The van der Waals surface area contributed by atoms with Crippen LogP contribution in [0.25, 0.3) is 0 Å². The van der Waals surface area contributed by atoms with Gasteiger partial charge in [0.15, 0.2) is 6.07 Å². The molecule has 2 N–H and O–H groups in total. The topological polar surface area (TPSA) is 59.2 Å². The van der Waals surface area contributed by atoms with Crippen molar-refractivity contribution in [1.29, 1.82) is 5.26 Å². The molecule has 0 saturated heterocycles. The highest BCUT2D eigenvalue weighted by Gasteiger charge is 2.31. The lowest BCUT2D eigenvalue weighted by atomic mass is 10.2. The highest BCUT2D eigenvalue weighted by atomic mass is 15.9. The summed E-state index contributed by atoms with van der Waals surface area (Å²) >= 11 is 0. The van der Waals surface area contributed by atoms with E-state index >= 15 is 0 Å². The molecule has 0 aromatic heterocycles. The fraction of sp³-hybridized carbons (Fsp3) is 0.125. The van der Waals surface area contributed by atoms with Gasteiger partial charge in [-0.2, -0.15) is 10.7 Å². The molecule has 104 valence electrons. The van der Waals surface area contributed by atoms with Gasteiger partial charge in [0.05, 0.1) is 5.69 Å². The number of hydrogen-bond donors (Lipinski definition) is 1. The molecule has 0 aliphatic carbocycles. The standard InChI is InChI=1S/C16H15N5/c1-12-7-3-5-9-14(12)20-18-16(11-17)19-21(20)15-10-6-4-8-13(15)2/h3-10H,1-2H3,(H,18,19)/p+1. The Balaban J connectivity index is 2.08. The van der Waals surface area contributed by atoms with Crippen LogP contribution < -0.4 is 15.7 Å². The molecule has 5 nitrogen and oxygen atoms in total. The maximum absolute atomic E-state index is 9.17. The van der Waals surface area contributed by atoms with Gasteiger partial charge in [0.25, 0.3) is 0 Å². The monoisotopic (exact) mass is 278 g/mol. The van der Waals surface area contributed by atoms with E-state index in [-0.39, 0.29) is 0 Å². The normalized spacial score (nSPS) is 14.0. The molecule has 3 rings (SSSR count). The predicted octanol–water partition coefficient (Wildman–Crippen LogP) is 1.86. The highest BCUT2D eigenvalue weighted by molar-refractivity contribution is 5.91. The quantitative estimate of drug-likeness (QED) is 0.853. The SMILES string of the molecule is Cc1ccccc1N1N=C(C#N)[NH2+]N1c1ccccc1C. The Morgan fingerprint density at radius 1 is 0.952 bits per heavy atom. The molecule has 0 saturated carbocycles. The summed E-state index contributed by atoms with van der Waals surface area (Å²) in [6.07, 6.45) is 0. The summed E-state index contributed by atoms with van der Waals surface area (Å²) in [7, 11) is 0. The molecular weight excluding hydrogens is 262 g/mol. The van der Waals surface area contributed by atoms with Crippen LogP contribution in [0.2, 0.25) is 0 Å². The van der Waals surface area contributed by atoms with Crippen LogP contribution in [-0.4, -0.2) is 5.84 Å². The number of rotatable bonds is 2. The van der Waals surface area contributed by atoms with Crippen molar-refractivity contribution in [2.45, 2.75) is 13.8 Å². The number of nitriles is 1.